The van der Waals surface area contributed by atoms with Gasteiger partial charge in [-0.3, -0.25) is 4.57 Å². The van der Waals surface area contributed by atoms with E-state index in [0.29, 0.717) is 5.75 Å². The lowest BCUT2D eigenvalue weighted by Crippen LogP contribution is -2.24. The number of fused-ring (bicyclic) bond motifs is 2. The Bertz CT molecular complexity index is 1430. The van der Waals surface area contributed by atoms with Crippen molar-refractivity contribution >= 4 is 22.7 Å². The predicted molar refractivity (Wildman–Crippen MR) is 136 cm³/mol. The molecule has 0 spiro atoms. The van der Waals surface area contributed by atoms with Crippen molar-refractivity contribution in [2.45, 2.75) is 32.5 Å². The predicted octanol–water partition coefficient (Wildman–Crippen LogP) is 5.51. The summed E-state index contributed by atoms with van der Waals surface area (Å²) in [4.78, 5) is 18.0. The number of H-pyrrole nitrogens is 1. The van der Waals surface area contributed by atoms with Gasteiger partial charge < -0.3 is 14.6 Å². The Morgan fingerprint density at radius 3 is 2.80 bits per heavy atom. The summed E-state index contributed by atoms with van der Waals surface area (Å²) >= 11 is 0. The third-order valence-electron chi connectivity index (χ3n) is 6.74. The molecule has 0 saturated carbocycles. The maximum absolute atomic E-state index is 14.0. The molecule has 5 rings (SSSR count). The zero-order valence-electron chi connectivity index (χ0n) is 20.1. The summed E-state index contributed by atoms with van der Waals surface area (Å²) in [5, 5.41) is 0. The highest BCUT2D eigenvalue weighted by Crippen LogP contribution is 2.38. The third kappa shape index (κ3) is 4.60. The molecular formula is C28H29F2N3O2. The molecular weight excluding hydrogens is 448 g/mol. The van der Waals surface area contributed by atoms with Crippen molar-refractivity contribution in [3.8, 4) is 5.75 Å². The van der Waals surface area contributed by atoms with Crippen LogP contribution in [-0.2, 0) is 0 Å². The van der Waals surface area contributed by atoms with Crippen LogP contribution in [0.3, 0.4) is 0 Å². The summed E-state index contributed by atoms with van der Waals surface area (Å²) in [7, 11) is 2.07. The van der Waals surface area contributed by atoms with Crippen molar-refractivity contribution < 1.29 is 13.5 Å². The van der Waals surface area contributed by atoms with Gasteiger partial charge in [0.1, 0.15) is 24.3 Å². The number of hydrogen-bond acceptors (Lipinski definition) is 3. The molecule has 3 heterocycles. The van der Waals surface area contributed by atoms with Crippen LogP contribution in [0.2, 0.25) is 0 Å². The largest absolute Gasteiger partial charge is 0.488 e. The van der Waals surface area contributed by atoms with E-state index < -0.39 is 6.17 Å². The van der Waals surface area contributed by atoms with Gasteiger partial charge in [-0.1, -0.05) is 18.2 Å². The Morgan fingerprint density at radius 1 is 1.23 bits per heavy atom. The fourth-order valence-electron chi connectivity index (χ4n) is 4.98. The molecule has 2 unspecified atom stereocenters. The molecule has 2 aromatic carbocycles. The minimum atomic E-state index is -1.11. The monoisotopic (exact) mass is 477 g/mol. The number of allylic oxidation sites excluding steroid dienone is 4. The van der Waals surface area contributed by atoms with Gasteiger partial charge in [0.15, 0.2) is 0 Å². The van der Waals surface area contributed by atoms with E-state index in [-0.39, 0.29) is 24.2 Å². The Balaban J connectivity index is 1.64. The quantitative estimate of drug-likeness (QED) is 0.539. The molecule has 0 radical (unpaired) electrons. The minimum absolute atomic E-state index is 0.106. The normalized spacial score (nSPS) is 21.1. The number of aromatic nitrogens is 2. The van der Waals surface area contributed by atoms with E-state index in [0.717, 1.165) is 58.4 Å². The standard InChI is InChI=1S/C28H29F2N3O2/c1-17-16-35-27-14-20(30)6-8-23(27)24(22(17)7-4-18(2)29)12-19-5-9-26-25(13-19)31-28(34)33(26)21-10-11-32(3)15-21/h4-9,12-14,18,21H,10-11,15-16H2,1-3H3,(H,31,34)/b7-4-,24-12+. The molecule has 1 aromatic heterocycles. The summed E-state index contributed by atoms with van der Waals surface area (Å²) < 4.78 is 35.4. The number of rotatable bonds is 4. The van der Waals surface area contributed by atoms with Gasteiger partial charge in [0.2, 0.25) is 0 Å². The Labute approximate surface area is 203 Å². The molecule has 1 saturated heterocycles. The van der Waals surface area contributed by atoms with Crippen LogP contribution in [-0.4, -0.2) is 47.4 Å². The smallest absolute Gasteiger partial charge is 0.326 e. The molecule has 0 bridgehead atoms. The summed E-state index contributed by atoms with van der Waals surface area (Å²) in [5.74, 6) is 0.0632. The fraction of sp³-hybridized carbons (Fsp3) is 0.321. The first-order chi connectivity index (χ1) is 16.8. The van der Waals surface area contributed by atoms with Crippen LogP contribution in [0.15, 0.2) is 64.5 Å². The number of hydrogen-bond donors (Lipinski definition) is 1. The summed E-state index contributed by atoms with van der Waals surface area (Å²) in [6.07, 6.45) is 5.08. The van der Waals surface area contributed by atoms with E-state index in [2.05, 4.69) is 16.9 Å². The van der Waals surface area contributed by atoms with Gasteiger partial charge in [-0.15, -0.1) is 0 Å². The van der Waals surface area contributed by atoms with Gasteiger partial charge in [0.25, 0.3) is 0 Å². The van der Waals surface area contributed by atoms with Crippen LogP contribution in [0.25, 0.3) is 22.7 Å². The summed E-state index contributed by atoms with van der Waals surface area (Å²) in [6, 6.07) is 10.5. The highest BCUT2D eigenvalue weighted by Gasteiger charge is 2.25. The third-order valence-corrected chi connectivity index (χ3v) is 6.74. The van der Waals surface area contributed by atoms with Gasteiger partial charge in [0, 0.05) is 18.2 Å². The second kappa shape index (κ2) is 9.30. The number of imidazole rings is 1. The fourth-order valence-corrected chi connectivity index (χ4v) is 4.98. The van der Waals surface area contributed by atoms with Crippen molar-refractivity contribution in [2.24, 2.45) is 0 Å². The van der Waals surface area contributed by atoms with Gasteiger partial charge in [-0.2, -0.15) is 0 Å². The van der Waals surface area contributed by atoms with E-state index in [1.165, 1.54) is 25.1 Å². The first kappa shape index (κ1) is 23.3. The number of benzene rings is 2. The van der Waals surface area contributed by atoms with Crippen LogP contribution >= 0.6 is 0 Å². The molecule has 182 valence electrons. The van der Waals surface area contributed by atoms with E-state index >= 15 is 0 Å². The zero-order chi connectivity index (χ0) is 24.7. The highest BCUT2D eigenvalue weighted by molar-refractivity contribution is 5.96. The Kier molecular flexibility index (Phi) is 6.19. The number of likely N-dealkylation sites (N-methyl/N-ethyl adjacent to an activating group) is 1. The van der Waals surface area contributed by atoms with E-state index in [4.69, 9.17) is 4.74 Å². The van der Waals surface area contributed by atoms with Gasteiger partial charge in [0.05, 0.1) is 17.1 Å². The first-order valence-electron chi connectivity index (χ1n) is 11.9. The lowest BCUT2D eigenvalue weighted by atomic mass is 9.92. The van der Waals surface area contributed by atoms with Crippen LogP contribution in [0.1, 0.15) is 37.4 Å². The van der Waals surface area contributed by atoms with Crippen molar-refractivity contribution in [1.29, 1.82) is 0 Å². The van der Waals surface area contributed by atoms with Crippen molar-refractivity contribution in [1.82, 2.24) is 14.5 Å². The molecule has 3 aromatic rings. The maximum Gasteiger partial charge on any atom is 0.326 e. The average Bonchev–Trinajstić information content (AvgIpc) is 3.34. The molecule has 0 aliphatic carbocycles. The molecule has 2 aliphatic heterocycles. The van der Waals surface area contributed by atoms with Crippen molar-refractivity contribution in [3.63, 3.8) is 0 Å². The number of nitrogens with zero attached hydrogens (tertiary/aromatic N) is 2. The molecule has 5 nitrogen and oxygen atoms in total. The van der Waals surface area contributed by atoms with Gasteiger partial charge in [-0.25, -0.2) is 13.6 Å². The molecule has 1 fully saturated rings. The Hall–Kier alpha value is -3.45. The van der Waals surface area contributed by atoms with Crippen LogP contribution in [0.5, 0.6) is 5.75 Å². The molecule has 35 heavy (non-hydrogen) atoms. The molecule has 0 amide bonds. The zero-order valence-corrected chi connectivity index (χ0v) is 20.1. The van der Waals surface area contributed by atoms with Crippen molar-refractivity contribution in [3.05, 3.63) is 87.1 Å². The maximum atomic E-state index is 14.0. The molecule has 7 heteroatoms. The molecule has 2 aliphatic rings. The van der Waals surface area contributed by atoms with Crippen molar-refractivity contribution in [2.75, 3.05) is 26.7 Å². The second-order valence-corrected chi connectivity index (χ2v) is 9.50. The van der Waals surface area contributed by atoms with Crippen LogP contribution in [0.4, 0.5) is 8.78 Å². The molecule has 2 atom stereocenters. The number of likely N-dealkylation sites (tertiary alicyclic amines) is 1. The number of halogens is 2. The van der Waals surface area contributed by atoms with Gasteiger partial charge >= 0.3 is 5.69 Å². The Morgan fingerprint density at radius 2 is 2.06 bits per heavy atom. The second-order valence-electron chi connectivity index (χ2n) is 9.50. The first-order valence-corrected chi connectivity index (χ1v) is 11.9. The lowest BCUT2D eigenvalue weighted by Gasteiger charge is -2.13. The topological polar surface area (TPSA) is 50.3 Å². The number of aromatic amines is 1. The summed E-state index contributed by atoms with van der Waals surface area (Å²) in [6.45, 7) is 5.49. The number of nitrogens with one attached hydrogen (secondary N) is 1. The van der Waals surface area contributed by atoms with E-state index in [1.807, 2.05) is 35.8 Å². The minimum Gasteiger partial charge on any atom is -0.488 e. The SMILES string of the molecule is CC1=C(/C=C\C(C)F)/C(=C\c2ccc3c(c2)[nH]c(=O)n3C2CCN(C)C2)c2ccc(F)cc2OC1. The van der Waals surface area contributed by atoms with Crippen LogP contribution in [0, 0.1) is 5.82 Å². The number of ether oxygens (including phenoxy) is 1. The highest BCUT2D eigenvalue weighted by atomic mass is 19.1. The molecule has 1 N–H and O–H groups in total. The van der Waals surface area contributed by atoms with E-state index in [1.54, 1.807) is 12.1 Å². The lowest BCUT2D eigenvalue weighted by molar-refractivity contribution is 0.350. The van der Waals surface area contributed by atoms with Crippen LogP contribution < -0.4 is 10.4 Å². The number of alkyl halides is 1. The summed E-state index contributed by atoms with van der Waals surface area (Å²) in [5.41, 5.74) is 5.69. The van der Waals surface area contributed by atoms with E-state index in [9.17, 15) is 13.6 Å². The average molecular weight is 478 g/mol. The van der Waals surface area contributed by atoms with Gasteiger partial charge in [-0.05, 0) is 86.5 Å².